The van der Waals surface area contributed by atoms with E-state index in [1.165, 1.54) is 0 Å². The van der Waals surface area contributed by atoms with Crippen molar-refractivity contribution >= 4 is 17.2 Å². The fraction of sp³-hybridized carbons (Fsp3) is 0.333. The van der Waals surface area contributed by atoms with Crippen molar-refractivity contribution in [3.63, 3.8) is 0 Å². The molecule has 110 valence electrons. The molecule has 6 heteroatoms. The molecule has 0 aliphatic rings. The summed E-state index contributed by atoms with van der Waals surface area (Å²) in [6, 6.07) is 3.91. The van der Waals surface area contributed by atoms with Crippen LogP contribution in [0.3, 0.4) is 0 Å². The van der Waals surface area contributed by atoms with Gasteiger partial charge in [0.25, 0.3) is 5.91 Å². The quantitative estimate of drug-likeness (QED) is 0.840. The fourth-order valence-corrected chi connectivity index (χ4v) is 2.86. The second kappa shape index (κ2) is 6.57. The molecule has 0 spiro atoms. The van der Waals surface area contributed by atoms with Crippen LogP contribution in [0.25, 0.3) is 0 Å². The number of nitrogens with zero attached hydrogens (tertiary/aromatic N) is 2. The van der Waals surface area contributed by atoms with Crippen LogP contribution >= 0.6 is 11.3 Å². The average Bonchev–Trinajstić information content (AvgIpc) is 2.99. The Morgan fingerprint density at radius 3 is 2.86 bits per heavy atom. The van der Waals surface area contributed by atoms with E-state index >= 15 is 0 Å². The van der Waals surface area contributed by atoms with Gasteiger partial charge < -0.3 is 11.1 Å². The zero-order valence-electron chi connectivity index (χ0n) is 12.4. The normalized spacial score (nSPS) is 10.1. The van der Waals surface area contributed by atoms with E-state index in [4.69, 9.17) is 5.73 Å². The molecule has 0 unspecified atom stereocenters. The van der Waals surface area contributed by atoms with Crippen LogP contribution in [-0.4, -0.2) is 22.2 Å². The van der Waals surface area contributed by atoms with Crippen LogP contribution in [0.4, 0.5) is 0 Å². The highest BCUT2D eigenvalue weighted by molar-refractivity contribution is 7.12. The van der Waals surface area contributed by atoms with Crippen LogP contribution in [0.1, 0.15) is 31.5 Å². The molecule has 2 aromatic rings. The lowest BCUT2D eigenvalue weighted by atomic mass is 10.2. The largest absolute Gasteiger partial charge is 0.347 e. The van der Waals surface area contributed by atoms with E-state index in [1.54, 1.807) is 16.0 Å². The predicted octanol–water partition coefficient (Wildman–Crippen LogP) is 1.34. The third kappa shape index (κ3) is 3.51. The van der Waals surface area contributed by atoms with Gasteiger partial charge in [-0.15, -0.1) is 11.3 Å². The fourth-order valence-electron chi connectivity index (χ4n) is 2.04. The first-order valence-electron chi connectivity index (χ1n) is 6.59. The van der Waals surface area contributed by atoms with Gasteiger partial charge in [0.15, 0.2) is 0 Å². The molecule has 0 atom stereocenters. The van der Waals surface area contributed by atoms with Gasteiger partial charge in [-0.25, -0.2) is 0 Å². The van der Waals surface area contributed by atoms with Crippen LogP contribution < -0.4 is 11.1 Å². The zero-order valence-corrected chi connectivity index (χ0v) is 13.2. The van der Waals surface area contributed by atoms with Crippen LogP contribution in [0.15, 0.2) is 12.1 Å². The van der Waals surface area contributed by atoms with Crippen molar-refractivity contribution in [2.75, 3.05) is 6.54 Å². The van der Waals surface area contributed by atoms with Crippen LogP contribution in [-0.2, 0) is 13.6 Å². The van der Waals surface area contributed by atoms with Gasteiger partial charge in [-0.3, -0.25) is 9.48 Å². The van der Waals surface area contributed by atoms with Gasteiger partial charge in [0.05, 0.1) is 29.2 Å². The minimum atomic E-state index is -0.0962. The van der Waals surface area contributed by atoms with E-state index in [0.717, 1.165) is 21.1 Å². The molecule has 0 bridgehead atoms. The summed E-state index contributed by atoms with van der Waals surface area (Å²) in [5, 5.41) is 7.18. The molecule has 2 heterocycles. The smallest absolute Gasteiger partial charge is 0.255 e. The molecule has 0 aromatic carbocycles. The highest BCUT2D eigenvalue weighted by atomic mass is 32.1. The SMILES string of the molecule is Cc1nn(C)c(C)c1C(=O)NCc1ccc(C#CCN)s1. The average molecular weight is 302 g/mol. The third-order valence-electron chi connectivity index (χ3n) is 3.13. The monoisotopic (exact) mass is 302 g/mol. The Labute approximate surface area is 128 Å². The Hall–Kier alpha value is -2.10. The van der Waals surface area contributed by atoms with E-state index in [2.05, 4.69) is 22.3 Å². The summed E-state index contributed by atoms with van der Waals surface area (Å²) >= 11 is 1.56. The molecule has 0 radical (unpaired) electrons. The summed E-state index contributed by atoms with van der Waals surface area (Å²) in [6.07, 6.45) is 0. The Balaban J connectivity index is 2.02. The van der Waals surface area contributed by atoms with Gasteiger partial charge in [0, 0.05) is 17.6 Å². The number of rotatable bonds is 3. The molecule has 0 fully saturated rings. The number of nitrogens with one attached hydrogen (secondary N) is 1. The van der Waals surface area contributed by atoms with Gasteiger partial charge in [0.1, 0.15) is 0 Å². The summed E-state index contributed by atoms with van der Waals surface area (Å²) in [4.78, 5) is 14.3. The van der Waals surface area contributed by atoms with E-state index in [0.29, 0.717) is 18.7 Å². The zero-order chi connectivity index (χ0) is 15.4. The summed E-state index contributed by atoms with van der Waals surface area (Å²) in [6.45, 7) is 4.57. The predicted molar refractivity (Wildman–Crippen MR) is 84.1 cm³/mol. The molecular formula is C15H18N4OS. The Kier molecular flexibility index (Phi) is 4.78. The molecule has 2 rings (SSSR count). The van der Waals surface area contributed by atoms with Crippen molar-refractivity contribution in [3.8, 4) is 11.8 Å². The topological polar surface area (TPSA) is 72.9 Å². The van der Waals surface area contributed by atoms with Crippen molar-refractivity contribution < 1.29 is 4.79 Å². The molecule has 0 saturated heterocycles. The second-order valence-corrected chi connectivity index (χ2v) is 5.79. The number of hydrogen-bond acceptors (Lipinski definition) is 4. The van der Waals surface area contributed by atoms with Crippen molar-refractivity contribution in [1.29, 1.82) is 0 Å². The van der Waals surface area contributed by atoms with E-state index in [9.17, 15) is 4.79 Å². The molecule has 0 aliphatic heterocycles. The number of aromatic nitrogens is 2. The van der Waals surface area contributed by atoms with Crippen molar-refractivity contribution in [1.82, 2.24) is 15.1 Å². The maximum atomic E-state index is 12.2. The molecule has 1 amide bonds. The lowest BCUT2D eigenvalue weighted by Gasteiger charge is -2.04. The van der Waals surface area contributed by atoms with Gasteiger partial charge in [-0.05, 0) is 26.0 Å². The van der Waals surface area contributed by atoms with Crippen LogP contribution in [0.2, 0.25) is 0 Å². The maximum absolute atomic E-state index is 12.2. The van der Waals surface area contributed by atoms with E-state index in [-0.39, 0.29) is 5.91 Å². The number of thiophene rings is 1. The lowest BCUT2D eigenvalue weighted by molar-refractivity contribution is 0.0950. The molecule has 0 saturated carbocycles. The van der Waals surface area contributed by atoms with Gasteiger partial charge in [0.2, 0.25) is 0 Å². The molecular weight excluding hydrogens is 284 g/mol. The van der Waals surface area contributed by atoms with Gasteiger partial charge in [-0.1, -0.05) is 11.8 Å². The van der Waals surface area contributed by atoms with E-state index < -0.39 is 0 Å². The number of carbonyl (C=O) groups is 1. The summed E-state index contributed by atoms with van der Waals surface area (Å²) < 4.78 is 1.72. The highest BCUT2D eigenvalue weighted by Gasteiger charge is 2.16. The summed E-state index contributed by atoms with van der Waals surface area (Å²) in [5.74, 6) is 5.70. The lowest BCUT2D eigenvalue weighted by Crippen LogP contribution is -2.23. The number of amides is 1. The first-order chi connectivity index (χ1) is 10.0. The van der Waals surface area contributed by atoms with E-state index in [1.807, 2.05) is 33.0 Å². The first kappa shape index (κ1) is 15.3. The minimum absolute atomic E-state index is 0.0962. The standard InChI is InChI=1S/C15H18N4OS/c1-10-14(11(2)19(3)18-10)15(20)17-9-13-7-6-12(21-13)5-4-8-16/h6-7H,8-9,16H2,1-3H3,(H,17,20). The molecule has 0 aliphatic carbocycles. The maximum Gasteiger partial charge on any atom is 0.255 e. The van der Waals surface area contributed by atoms with Crippen LogP contribution in [0, 0.1) is 25.7 Å². The van der Waals surface area contributed by atoms with Crippen molar-refractivity contribution in [3.05, 3.63) is 38.8 Å². The molecule has 3 N–H and O–H groups in total. The van der Waals surface area contributed by atoms with Gasteiger partial charge in [-0.2, -0.15) is 5.10 Å². The minimum Gasteiger partial charge on any atom is -0.347 e. The molecule has 2 aromatic heterocycles. The third-order valence-corrected chi connectivity index (χ3v) is 4.14. The number of carbonyl (C=O) groups excluding carboxylic acids is 1. The van der Waals surface area contributed by atoms with Crippen molar-refractivity contribution in [2.24, 2.45) is 12.8 Å². The summed E-state index contributed by atoms with van der Waals surface area (Å²) in [7, 11) is 1.83. The molecule has 5 nitrogen and oxygen atoms in total. The number of nitrogens with two attached hydrogens (primary N) is 1. The molecule has 21 heavy (non-hydrogen) atoms. The highest BCUT2D eigenvalue weighted by Crippen LogP contribution is 2.16. The van der Waals surface area contributed by atoms with Gasteiger partial charge >= 0.3 is 0 Å². The van der Waals surface area contributed by atoms with Crippen LogP contribution in [0.5, 0.6) is 0 Å². The number of hydrogen-bond donors (Lipinski definition) is 2. The number of aryl methyl sites for hydroxylation is 2. The Morgan fingerprint density at radius 2 is 2.24 bits per heavy atom. The Bertz CT molecular complexity index is 718. The summed E-state index contributed by atoms with van der Waals surface area (Å²) in [5.41, 5.74) is 7.60. The second-order valence-electron chi connectivity index (χ2n) is 4.62. The van der Waals surface area contributed by atoms with Crippen molar-refractivity contribution in [2.45, 2.75) is 20.4 Å². The Morgan fingerprint density at radius 1 is 1.48 bits per heavy atom. The first-order valence-corrected chi connectivity index (χ1v) is 7.40.